The monoisotopic (exact) mass is 219 g/mol. The van der Waals surface area contributed by atoms with Crippen LogP contribution in [0, 0.1) is 6.92 Å². The number of nitrogens with two attached hydrogens (primary N) is 1. The lowest BCUT2D eigenvalue weighted by Crippen LogP contribution is -2.47. The van der Waals surface area contributed by atoms with Crippen LogP contribution in [0.15, 0.2) is 18.3 Å². The van der Waals surface area contributed by atoms with Gasteiger partial charge in [-0.05, 0) is 38.3 Å². The van der Waals surface area contributed by atoms with E-state index >= 15 is 0 Å². The summed E-state index contributed by atoms with van der Waals surface area (Å²) in [6.07, 6.45) is 4.85. The standard InChI is InChI=1S/C12H17N3O/c1-9-5-6-10(8-14-9)15-7-3-2-4-11(15)12(13)16/h5-6,8,11H,2-4,7H2,1H3,(H2,13,16). The number of rotatable bonds is 2. The smallest absolute Gasteiger partial charge is 0.240 e. The molecule has 1 saturated heterocycles. The Morgan fingerprint density at radius 2 is 2.31 bits per heavy atom. The summed E-state index contributed by atoms with van der Waals surface area (Å²) < 4.78 is 0. The van der Waals surface area contributed by atoms with E-state index in [1.807, 2.05) is 25.3 Å². The molecule has 0 saturated carbocycles. The van der Waals surface area contributed by atoms with Gasteiger partial charge in [-0.2, -0.15) is 0 Å². The number of carbonyl (C=O) groups excluding carboxylic acids is 1. The van der Waals surface area contributed by atoms with Gasteiger partial charge in [0, 0.05) is 12.2 Å². The SMILES string of the molecule is Cc1ccc(N2CCCCC2C(N)=O)cn1. The molecule has 2 rings (SSSR count). The Morgan fingerprint density at radius 1 is 1.50 bits per heavy atom. The highest BCUT2D eigenvalue weighted by Gasteiger charge is 2.26. The number of nitrogens with zero attached hydrogens (tertiary/aromatic N) is 2. The van der Waals surface area contributed by atoms with Crippen molar-refractivity contribution in [3.8, 4) is 0 Å². The Balaban J connectivity index is 2.23. The highest BCUT2D eigenvalue weighted by molar-refractivity contribution is 5.83. The fourth-order valence-corrected chi connectivity index (χ4v) is 2.17. The third-order valence-corrected chi connectivity index (χ3v) is 3.06. The lowest BCUT2D eigenvalue weighted by molar-refractivity contribution is -0.119. The Morgan fingerprint density at radius 3 is 2.94 bits per heavy atom. The molecule has 1 aliphatic heterocycles. The van der Waals surface area contributed by atoms with Crippen molar-refractivity contribution in [1.29, 1.82) is 0 Å². The summed E-state index contributed by atoms with van der Waals surface area (Å²) in [5, 5.41) is 0. The normalized spacial score (nSPS) is 20.8. The molecular formula is C12H17N3O. The van der Waals surface area contributed by atoms with Crippen LogP contribution in [0.25, 0.3) is 0 Å². The van der Waals surface area contributed by atoms with Crippen molar-refractivity contribution in [1.82, 2.24) is 4.98 Å². The van der Waals surface area contributed by atoms with Crippen LogP contribution in [0.4, 0.5) is 5.69 Å². The first-order valence-corrected chi connectivity index (χ1v) is 5.67. The number of amides is 1. The first kappa shape index (κ1) is 10.9. The summed E-state index contributed by atoms with van der Waals surface area (Å²) in [4.78, 5) is 17.7. The zero-order valence-electron chi connectivity index (χ0n) is 9.52. The summed E-state index contributed by atoms with van der Waals surface area (Å²) in [6.45, 7) is 2.84. The number of carbonyl (C=O) groups is 1. The maximum absolute atomic E-state index is 11.4. The van der Waals surface area contributed by atoms with Gasteiger partial charge < -0.3 is 10.6 Å². The van der Waals surface area contributed by atoms with Gasteiger partial charge in [0.15, 0.2) is 0 Å². The number of pyridine rings is 1. The van der Waals surface area contributed by atoms with E-state index in [0.717, 1.165) is 37.2 Å². The minimum Gasteiger partial charge on any atom is -0.368 e. The van der Waals surface area contributed by atoms with Crippen LogP contribution in [0.5, 0.6) is 0 Å². The van der Waals surface area contributed by atoms with E-state index in [4.69, 9.17) is 5.73 Å². The summed E-state index contributed by atoms with van der Waals surface area (Å²) in [6, 6.07) is 3.80. The third kappa shape index (κ3) is 2.15. The van der Waals surface area contributed by atoms with E-state index in [9.17, 15) is 4.79 Å². The summed E-state index contributed by atoms with van der Waals surface area (Å²) in [5.41, 5.74) is 7.40. The summed E-state index contributed by atoms with van der Waals surface area (Å²) in [7, 11) is 0. The van der Waals surface area contributed by atoms with Gasteiger partial charge in [-0.15, -0.1) is 0 Å². The first-order chi connectivity index (χ1) is 7.68. The molecular weight excluding hydrogens is 202 g/mol. The van der Waals surface area contributed by atoms with Crippen molar-refractivity contribution in [3.05, 3.63) is 24.0 Å². The molecule has 1 amide bonds. The van der Waals surface area contributed by atoms with Gasteiger partial charge in [-0.3, -0.25) is 9.78 Å². The molecule has 0 spiro atoms. The average molecular weight is 219 g/mol. The second kappa shape index (κ2) is 4.51. The molecule has 0 aliphatic carbocycles. The van der Waals surface area contributed by atoms with Crippen molar-refractivity contribution in [2.45, 2.75) is 32.2 Å². The number of hydrogen-bond donors (Lipinski definition) is 1. The molecule has 4 heteroatoms. The topological polar surface area (TPSA) is 59.2 Å². The van der Waals surface area contributed by atoms with Crippen LogP contribution in [-0.2, 0) is 4.79 Å². The van der Waals surface area contributed by atoms with Crippen molar-refractivity contribution < 1.29 is 4.79 Å². The Hall–Kier alpha value is -1.58. The summed E-state index contributed by atoms with van der Waals surface area (Å²) >= 11 is 0. The van der Waals surface area contributed by atoms with Gasteiger partial charge in [-0.25, -0.2) is 0 Å². The van der Waals surface area contributed by atoms with E-state index < -0.39 is 0 Å². The molecule has 1 aliphatic rings. The number of primary amides is 1. The lowest BCUT2D eigenvalue weighted by Gasteiger charge is -2.35. The zero-order valence-corrected chi connectivity index (χ0v) is 9.52. The minimum atomic E-state index is -0.236. The minimum absolute atomic E-state index is 0.168. The van der Waals surface area contributed by atoms with Crippen LogP contribution in [0.3, 0.4) is 0 Å². The zero-order chi connectivity index (χ0) is 11.5. The van der Waals surface area contributed by atoms with E-state index in [1.165, 1.54) is 0 Å². The Kier molecular flexibility index (Phi) is 3.08. The Bertz CT molecular complexity index is 374. The van der Waals surface area contributed by atoms with E-state index in [2.05, 4.69) is 9.88 Å². The molecule has 0 aromatic carbocycles. The fourth-order valence-electron chi connectivity index (χ4n) is 2.17. The number of aryl methyl sites for hydroxylation is 1. The van der Waals surface area contributed by atoms with E-state index in [-0.39, 0.29) is 11.9 Å². The number of hydrogen-bond acceptors (Lipinski definition) is 3. The largest absolute Gasteiger partial charge is 0.368 e. The lowest BCUT2D eigenvalue weighted by atomic mass is 10.0. The number of piperidine rings is 1. The highest BCUT2D eigenvalue weighted by atomic mass is 16.1. The predicted molar refractivity (Wildman–Crippen MR) is 63.2 cm³/mol. The van der Waals surface area contributed by atoms with Crippen LogP contribution < -0.4 is 10.6 Å². The van der Waals surface area contributed by atoms with Gasteiger partial charge in [0.2, 0.25) is 5.91 Å². The molecule has 1 unspecified atom stereocenters. The van der Waals surface area contributed by atoms with Crippen LogP contribution in [0.1, 0.15) is 25.0 Å². The average Bonchev–Trinajstić information content (AvgIpc) is 2.30. The third-order valence-electron chi connectivity index (χ3n) is 3.06. The van der Waals surface area contributed by atoms with Crippen LogP contribution in [-0.4, -0.2) is 23.5 Å². The molecule has 86 valence electrons. The molecule has 1 fully saturated rings. The second-order valence-corrected chi connectivity index (χ2v) is 4.27. The molecule has 1 atom stereocenters. The second-order valence-electron chi connectivity index (χ2n) is 4.27. The molecule has 2 N–H and O–H groups in total. The number of aromatic nitrogens is 1. The molecule has 16 heavy (non-hydrogen) atoms. The molecule has 1 aromatic heterocycles. The van der Waals surface area contributed by atoms with Crippen molar-refractivity contribution >= 4 is 11.6 Å². The quantitative estimate of drug-likeness (QED) is 0.814. The maximum Gasteiger partial charge on any atom is 0.240 e. The van der Waals surface area contributed by atoms with Crippen molar-refractivity contribution in [3.63, 3.8) is 0 Å². The molecule has 4 nitrogen and oxygen atoms in total. The van der Waals surface area contributed by atoms with Crippen LogP contribution >= 0.6 is 0 Å². The van der Waals surface area contributed by atoms with E-state index in [1.54, 1.807) is 0 Å². The van der Waals surface area contributed by atoms with E-state index in [0.29, 0.717) is 0 Å². The van der Waals surface area contributed by atoms with Gasteiger partial charge in [0.05, 0.1) is 11.9 Å². The maximum atomic E-state index is 11.4. The highest BCUT2D eigenvalue weighted by Crippen LogP contribution is 2.23. The Labute approximate surface area is 95.5 Å². The summed E-state index contributed by atoms with van der Waals surface area (Å²) in [5.74, 6) is -0.236. The molecule has 0 bridgehead atoms. The van der Waals surface area contributed by atoms with Gasteiger partial charge >= 0.3 is 0 Å². The van der Waals surface area contributed by atoms with Crippen LogP contribution in [0.2, 0.25) is 0 Å². The number of anilines is 1. The van der Waals surface area contributed by atoms with Crippen molar-refractivity contribution in [2.75, 3.05) is 11.4 Å². The van der Waals surface area contributed by atoms with Crippen molar-refractivity contribution in [2.24, 2.45) is 5.73 Å². The first-order valence-electron chi connectivity index (χ1n) is 5.67. The molecule has 1 aromatic rings. The van der Waals surface area contributed by atoms with Gasteiger partial charge in [0.1, 0.15) is 6.04 Å². The van der Waals surface area contributed by atoms with Gasteiger partial charge in [0.25, 0.3) is 0 Å². The fraction of sp³-hybridized carbons (Fsp3) is 0.500. The predicted octanol–water partition coefficient (Wildman–Crippen LogP) is 1.23. The van der Waals surface area contributed by atoms with Gasteiger partial charge in [-0.1, -0.05) is 0 Å². The molecule has 0 radical (unpaired) electrons. The molecule has 2 heterocycles.